The summed E-state index contributed by atoms with van der Waals surface area (Å²) in [4.78, 5) is 1.93. The number of para-hydroxylation sites is 1. The van der Waals surface area contributed by atoms with Crippen LogP contribution in [-0.2, 0) is 6.54 Å². The van der Waals surface area contributed by atoms with Crippen molar-refractivity contribution in [2.24, 2.45) is 0 Å². The second-order valence-corrected chi connectivity index (χ2v) is 6.04. The van der Waals surface area contributed by atoms with Gasteiger partial charge in [-0.15, -0.1) is 0 Å². The monoisotopic (exact) mass is 335 g/mol. The van der Waals surface area contributed by atoms with Gasteiger partial charge < -0.3 is 9.84 Å². The summed E-state index contributed by atoms with van der Waals surface area (Å²) < 4.78 is 32.4. The first kappa shape index (κ1) is 18.4. The van der Waals surface area contributed by atoms with E-state index in [1.807, 2.05) is 49.1 Å². The van der Waals surface area contributed by atoms with E-state index in [0.29, 0.717) is 24.4 Å². The molecule has 0 aliphatic heterocycles. The van der Waals surface area contributed by atoms with Gasteiger partial charge in [0, 0.05) is 30.8 Å². The molecule has 0 aliphatic rings. The third-order valence-corrected chi connectivity index (χ3v) is 3.75. The molecule has 0 heterocycles. The van der Waals surface area contributed by atoms with Gasteiger partial charge in [0.1, 0.15) is 30.1 Å². The minimum Gasteiger partial charge on any atom is -0.491 e. The standard InChI is InChI=1S/C19H23F2NO2/c1-14(2)22(11-15-8-9-16(20)10-19(15)21)12-17(23)13-24-18-6-4-3-5-7-18/h3-10,14,17,23H,11-13H2,1-2H3/t17-/m1/s1. The van der Waals surface area contributed by atoms with E-state index in [-0.39, 0.29) is 12.6 Å². The zero-order valence-electron chi connectivity index (χ0n) is 14.0. The Kier molecular flexibility index (Phi) is 6.70. The van der Waals surface area contributed by atoms with Gasteiger partial charge in [-0.2, -0.15) is 0 Å². The second-order valence-electron chi connectivity index (χ2n) is 6.04. The maximum atomic E-state index is 13.8. The SMILES string of the molecule is CC(C)N(Cc1ccc(F)cc1F)C[C@@H](O)COc1ccccc1. The minimum absolute atomic E-state index is 0.0980. The molecule has 0 unspecified atom stereocenters. The smallest absolute Gasteiger partial charge is 0.130 e. The van der Waals surface area contributed by atoms with Crippen LogP contribution >= 0.6 is 0 Å². The average Bonchev–Trinajstić information content (AvgIpc) is 2.55. The van der Waals surface area contributed by atoms with Gasteiger partial charge in [-0.25, -0.2) is 8.78 Å². The lowest BCUT2D eigenvalue weighted by atomic mass is 10.1. The van der Waals surface area contributed by atoms with Gasteiger partial charge in [0.2, 0.25) is 0 Å². The van der Waals surface area contributed by atoms with Crippen LogP contribution in [-0.4, -0.2) is 35.3 Å². The van der Waals surface area contributed by atoms with E-state index in [0.717, 1.165) is 6.07 Å². The predicted molar refractivity (Wildman–Crippen MR) is 89.8 cm³/mol. The molecule has 130 valence electrons. The van der Waals surface area contributed by atoms with Crippen LogP contribution in [0.15, 0.2) is 48.5 Å². The van der Waals surface area contributed by atoms with Crippen LogP contribution in [0.4, 0.5) is 8.78 Å². The van der Waals surface area contributed by atoms with Crippen LogP contribution in [0.25, 0.3) is 0 Å². The Morgan fingerprint density at radius 1 is 1.08 bits per heavy atom. The molecule has 0 aromatic heterocycles. The number of benzene rings is 2. The summed E-state index contributed by atoms with van der Waals surface area (Å²) in [7, 11) is 0. The van der Waals surface area contributed by atoms with Gasteiger partial charge in [0.05, 0.1) is 0 Å². The highest BCUT2D eigenvalue weighted by Gasteiger charge is 2.17. The van der Waals surface area contributed by atoms with Crippen LogP contribution in [0, 0.1) is 11.6 Å². The van der Waals surface area contributed by atoms with E-state index < -0.39 is 17.7 Å². The van der Waals surface area contributed by atoms with E-state index >= 15 is 0 Å². The molecule has 0 amide bonds. The van der Waals surface area contributed by atoms with Crippen LogP contribution < -0.4 is 4.74 Å². The summed E-state index contributed by atoms with van der Waals surface area (Å²) in [6.45, 7) is 4.71. The lowest BCUT2D eigenvalue weighted by Crippen LogP contribution is -2.39. The van der Waals surface area contributed by atoms with Crippen molar-refractivity contribution in [1.82, 2.24) is 4.90 Å². The number of nitrogens with zero attached hydrogens (tertiary/aromatic N) is 1. The Morgan fingerprint density at radius 2 is 1.79 bits per heavy atom. The van der Waals surface area contributed by atoms with Crippen LogP contribution in [0.1, 0.15) is 19.4 Å². The summed E-state index contributed by atoms with van der Waals surface area (Å²) in [6.07, 6.45) is -0.712. The molecule has 5 heteroatoms. The zero-order valence-corrected chi connectivity index (χ0v) is 14.0. The quantitative estimate of drug-likeness (QED) is 0.800. The summed E-state index contributed by atoms with van der Waals surface area (Å²) >= 11 is 0. The number of hydrogen-bond donors (Lipinski definition) is 1. The number of aliphatic hydroxyl groups is 1. The Bertz CT molecular complexity index is 635. The van der Waals surface area contributed by atoms with E-state index in [1.54, 1.807) is 0 Å². The molecule has 2 aromatic rings. The lowest BCUT2D eigenvalue weighted by Gasteiger charge is -2.29. The third kappa shape index (κ3) is 5.58. The summed E-state index contributed by atoms with van der Waals surface area (Å²) in [6, 6.07) is 12.9. The predicted octanol–water partition coefficient (Wildman–Crippen LogP) is 3.62. The second kappa shape index (κ2) is 8.76. The zero-order chi connectivity index (χ0) is 17.5. The van der Waals surface area contributed by atoms with Crippen molar-refractivity contribution in [1.29, 1.82) is 0 Å². The van der Waals surface area contributed by atoms with E-state index in [1.165, 1.54) is 12.1 Å². The fourth-order valence-electron chi connectivity index (χ4n) is 2.36. The molecular weight excluding hydrogens is 312 g/mol. The van der Waals surface area contributed by atoms with Crippen molar-refractivity contribution in [3.63, 3.8) is 0 Å². The van der Waals surface area contributed by atoms with Crippen molar-refractivity contribution in [3.05, 3.63) is 65.7 Å². The molecular formula is C19H23F2NO2. The Hall–Kier alpha value is -1.98. The van der Waals surface area contributed by atoms with Crippen molar-refractivity contribution < 1.29 is 18.6 Å². The Balaban J connectivity index is 1.92. The molecule has 24 heavy (non-hydrogen) atoms. The minimum atomic E-state index is -0.712. The van der Waals surface area contributed by atoms with Crippen molar-refractivity contribution in [3.8, 4) is 5.75 Å². The number of rotatable bonds is 8. The van der Waals surface area contributed by atoms with Crippen molar-refractivity contribution >= 4 is 0 Å². The van der Waals surface area contributed by atoms with Gasteiger partial charge in [0.15, 0.2) is 0 Å². The number of halogens is 2. The highest BCUT2D eigenvalue weighted by molar-refractivity contribution is 5.21. The summed E-state index contributed by atoms with van der Waals surface area (Å²) in [5, 5.41) is 10.2. The fraction of sp³-hybridized carbons (Fsp3) is 0.368. The molecule has 3 nitrogen and oxygen atoms in total. The first-order valence-electron chi connectivity index (χ1n) is 7.99. The molecule has 0 spiro atoms. The van der Waals surface area contributed by atoms with Gasteiger partial charge in [0.25, 0.3) is 0 Å². The molecule has 0 aliphatic carbocycles. The molecule has 0 bridgehead atoms. The van der Waals surface area contributed by atoms with Gasteiger partial charge in [-0.1, -0.05) is 24.3 Å². The third-order valence-electron chi connectivity index (χ3n) is 3.75. The first-order valence-corrected chi connectivity index (χ1v) is 7.99. The molecule has 2 rings (SSSR count). The van der Waals surface area contributed by atoms with Crippen LogP contribution in [0.5, 0.6) is 5.75 Å². The number of hydrogen-bond acceptors (Lipinski definition) is 3. The average molecular weight is 335 g/mol. The first-order chi connectivity index (χ1) is 11.5. The van der Waals surface area contributed by atoms with Crippen LogP contribution in [0.3, 0.4) is 0 Å². The van der Waals surface area contributed by atoms with E-state index in [2.05, 4.69) is 0 Å². The number of ether oxygens (including phenoxy) is 1. The van der Waals surface area contributed by atoms with Crippen molar-refractivity contribution in [2.45, 2.75) is 32.5 Å². The highest BCUT2D eigenvalue weighted by Crippen LogP contribution is 2.15. The fourth-order valence-corrected chi connectivity index (χ4v) is 2.36. The van der Waals surface area contributed by atoms with Gasteiger partial charge in [-0.3, -0.25) is 4.90 Å². The molecule has 2 aromatic carbocycles. The Morgan fingerprint density at radius 3 is 2.42 bits per heavy atom. The van der Waals surface area contributed by atoms with Crippen LogP contribution in [0.2, 0.25) is 0 Å². The molecule has 0 saturated heterocycles. The Labute approximate surface area is 141 Å². The lowest BCUT2D eigenvalue weighted by molar-refractivity contribution is 0.0538. The van der Waals surface area contributed by atoms with Gasteiger partial charge in [-0.05, 0) is 32.0 Å². The summed E-state index contributed by atoms with van der Waals surface area (Å²) in [5.41, 5.74) is 0.404. The van der Waals surface area contributed by atoms with E-state index in [4.69, 9.17) is 4.74 Å². The van der Waals surface area contributed by atoms with Gasteiger partial charge >= 0.3 is 0 Å². The highest BCUT2D eigenvalue weighted by atomic mass is 19.1. The maximum Gasteiger partial charge on any atom is 0.130 e. The number of aliphatic hydroxyl groups excluding tert-OH is 1. The molecule has 0 fully saturated rings. The largest absolute Gasteiger partial charge is 0.491 e. The molecule has 0 radical (unpaired) electrons. The normalized spacial score (nSPS) is 12.6. The molecule has 1 N–H and O–H groups in total. The van der Waals surface area contributed by atoms with E-state index in [9.17, 15) is 13.9 Å². The topological polar surface area (TPSA) is 32.7 Å². The maximum absolute atomic E-state index is 13.8. The van der Waals surface area contributed by atoms with Crippen molar-refractivity contribution in [2.75, 3.05) is 13.2 Å². The molecule has 1 atom stereocenters. The molecule has 0 saturated carbocycles. The summed E-state index contributed by atoms with van der Waals surface area (Å²) in [5.74, 6) is -0.475.